The normalized spacial score (nSPS) is 30.3. The zero-order chi connectivity index (χ0) is 20.2. The summed E-state index contributed by atoms with van der Waals surface area (Å²) in [6, 6.07) is 2.34. The molecule has 0 saturated carbocycles. The molecule has 5 heterocycles. The van der Waals surface area contributed by atoms with Gasteiger partial charge in [-0.1, -0.05) is 19.0 Å². The minimum absolute atomic E-state index is 0.123. The van der Waals surface area contributed by atoms with E-state index in [4.69, 9.17) is 9.26 Å². The minimum atomic E-state index is -0.156. The largest absolute Gasteiger partial charge is 0.369 e. The van der Waals surface area contributed by atoms with Crippen molar-refractivity contribution in [3.63, 3.8) is 0 Å². The third-order valence-electron chi connectivity index (χ3n) is 6.70. The van der Waals surface area contributed by atoms with Crippen LogP contribution in [-0.2, 0) is 11.3 Å². The molecule has 0 aliphatic carbocycles. The van der Waals surface area contributed by atoms with Crippen LogP contribution in [-0.4, -0.2) is 57.2 Å². The van der Waals surface area contributed by atoms with Crippen LogP contribution in [0.1, 0.15) is 55.8 Å². The van der Waals surface area contributed by atoms with Gasteiger partial charge in [-0.25, -0.2) is 0 Å². The predicted octanol–water partition coefficient (Wildman–Crippen LogP) is 1.82. The zero-order valence-electron chi connectivity index (χ0n) is 17.2. The Morgan fingerprint density at radius 2 is 2.31 bits per heavy atom. The number of hydrogen-bond donors (Lipinski definition) is 1. The lowest BCUT2D eigenvalue weighted by atomic mass is 9.73. The van der Waals surface area contributed by atoms with Crippen LogP contribution >= 0.6 is 0 Å². The van der Waals surface area contributed by atoms with Gasteiger partial charge in [0.2, 0.25) is 0 Å². The Morgan fingerprint density at radius 1 is 1.45 bits per heavy atom. The molecule has 3 fully saturated rings. The quantitative estimate of drug-likeness (QED) is 0.790. The van der Waals surface area contributed by atoms with Crippen molar-refractivity contribution in [2.75, 3.05) is 24.5 Å². The van der Waals surface area contributed by atoms with Crippen LogP contribution in [0.15, 0.2) is 16.8 Å². The molecule has 2 aromatic heterocycles. The van der Waals surface area contributed by atoms with E-state index in [-0.39, 0.29) is 23.5 Å². The molecule has 5 rings (SSSR count). The van der Waals surface area contributed by atoms with E-state index < -0.39 is 0 Å². The lowest BCUT2D eigenvalue weighted by molar-refractivity contribution is 0.0139. The Kier molecular flexibility index (Phi) is 4.38. The number of hydrogen-bond acceptors (Lipinski definition) is 7. The fraction of sp³-hybridized carbons (Fsp3) is 0.700. The van der Waals surface area contributed by atoms with Gasteiger partial charge in [0.1, 0.15) is 5.69 Å². The topological polar surface area (TPSA) is 98.3 Å². The smallest absolute Gasteiger partial charge is 0.324 e. The van der Waals surface area contributed by atoms with E-state index in [0.717, 1.165) is 38.3 Å². The van der Waals surface area contributed by atoms with E-state index in [2.05, 4.69) is 39.3 Å². The maximum Gasteiger partial charge on any atom is 0.324 e. The summed E-state index contributed by atoms with van der Waals surface area (Å²) >= 11 is 0. The highest BCUT2D eigenvalue weighted by Crippen LogP contribution is 2.55. The average Bonchev–Trinajstić information content (AvgIpc) is 3.51. The number of amides is 1. The maximum absolute atomic E-state index is 12.5. The summed E-state index contributed by atoms with van der Waals surface area (Å²) in [5.74, 6) is 1.49. The minimum Gasteiger partial charge on any atom is -0.369 e. The molecule has 0 aromatic carbocycles. The molecule has 0 radical (unpaired) electrons. The van der Waals surface area contributed by atoms with Crippen molar-refractivity contribution in [1.82, 2.24) is 25.2 Å². The third kappa shape index (κ3) is 3.02. The molecule has 3 aliphatic heterocycles. The van der Waals surface area contributed by atoms with Gasteiger partial charge in [-0.3, -0.25) is 9.48 Å². The van der Waals surface area contributed by atoms with Gasteiger partial charge in [-0.15, -0.1) is 0 Å². The van der Waals surface area contributed by atoms with Gasteiger partial charge in [0.15, 0.2) is 5.82 Å². The van der Waals surface area contributed by atoms with Crippen LogP contribution in [0.4, 0.5) is 6.01 Å². The van der Waals surface area contributed by atoms with Gasteiger partial charge in [0, 0.05) is 43.6 Å². The van der Waals surface area contributed by atoms with Crippen LogP contribution in [0, 0.1) is 11.8 Å². The Morgan fingerprint density at radius 3 is 3.03 bits per heavy atom. The first-order valence-electron chi connectivity index (χ1n) is 10.6. The Bertz CT molecular complexity index is 908. The third-order valence-corrected chi connectivity index (χ3v) is 6.70. The van der Waals surface area contributed by atoms with Gasteiger partial charge < -0.3 is 19.5 Å². The first-order valence-corrected chi connectivity index (χ1v) is 10.6. The second-order valence-electron chi connectivity index (χ2n) is 8.77. The molecule has 1 spiro atoms. The SMILES string of the molecule is CCn1ccc(C(=O)NC[C@H]2[C@H]3CN(c4nc(C(C)C)no4)C[C@]34CC[C@H]2O4)n1. The Hall–Kier alpha value is -2.42. The number of anilines is 1. The predicted molar refractivity (Wildman–Crippen MR) is 105 cm³/mol. The van der Waals surface area contributed by atoms with Crippen LogP contribution in [0.5, 0.6) is 0 Å². The number of nitrogens with one attached hydrogen (secondary N) is 1. The molecule has 0 unspecified atom stereocenters. The molecule has 9 nitrogen and oxygen atoms in total. The highest BCUT2D eigenvalue weighted by molar-refractivity contribution is 5.92. The number of fused-ring (bicyclic) bond motifs is 1. The highest BCUT2D eigenvalue weighted by Gasteiger charge is 2.63. The molecule has 2 aromatic rings. The number of ether oxygens (including phenoxy) is 1. The van der Waals surface area contributed by atoms with Crippen molar-refractivity contribution in [2.45, 2.75) is 57.8 Å². The van der Waals surface area contributed by atoms with E-state index >= 15 is 0 Å². The molecular formula is C20H28N6O3. The van der Waals surface area contributed by atoms with E-state index in [9.17, 15) is 4.79 Å². The summed E-state index contributed by atoms with van der Waals surface area (Å²) in [7, 11) is 0. The van der Waals surface area contributed by atoms with Crippen LogP contribution < -0.4 is 10.2 Å². The van der Waals surface area contributed by atoms with Crippen LogP contribution in [0.3, 0.4) is 0 Å². The zero-order valence-corrected chi connectivity index (χ0v) is 17.2. The molecular weight excluding hydrogens is 372 g/mol. The second-order valence-corrected chi connectivity index (χ2v) is 8.77. The molecule has 2 bridgehead atoms. The Labute approximate surface area is 169 Å². The summed E-state index contributed by atoms with van der Waals surface area (Å²) < 4.78 is 13.7. The standard InChI is InChI=1S/C20H28N6O3/c1-4-26-8-6-15(23-26)18(27)21-9-13-14-10-25(11-20(14)7-5-16(13)28-20)19-22-17(12(2)3)24-29-19/h6,8,12-14,16H,4-5,7,9-11H2,1-3H3,(H,21,27)/t13-,14+,16+,20+/m0/s1. The second kappa shape index (κ2) is 6.83. The number of carbonyl (C=O) groups is 1. The number of aryl methyl sites for hydroxylation is 1. The van der Waals surface area contributed by atoms with Crippen LogP contribution in [0.2, 0.25) is 0 Å². The van der Waals surface area contributed by atoms with E-state index in [1.165, 1.54) is 0 Å². The molecule has 9 heteroatoms. The fourth-order valence-electron chi connectivity index (χ4n) is 5.16. The Balaban J connectivity index is 1.27. The number of aromatic nitrogens is 4. The monoisotopic (exact) mass is 400 g/mol. The van der Waals surface area contributed by atoms with Gasteiger partial charge in [-0.05, 0) is 25.8 Å². The van der Waals surface area contributed by atoms with Crippen molar-refractivity contribution in [3.8, 4) is 0 Å². The molecule has 1 amide bonds. The first kappa shape index (κ1) is 18.6. The fourth-order valence-corrected chi connectivity index (χ4v) is 5.16. The molecule has 29 heavy (non-hydrogen) atoms. The van der Waals surface area contributed by atoms with Crippen molar-refractivity contribution < 1.29 is 14.1 Å². The summed E-state index contributed by atoms with van der Waals surface area (Å²) in [4.78, 5) is 19.2. The maximum atomic E-state index is 12.5. The van der Waals surface area contributed by atoms with Crippen molar-refractivity contribution >= 4 is 11.9 Å². The van der Waals surface area contributed by atoms with E-state index in [1.54, 1.807) is 10.7 Å². The molecule has 3 saturated heterocycles. The molecule has 156 valence electrons. The average molecular weight is 400 g/mol. The molecule has 3 aliphatic rings. The molecule has 4 atom stereocenters. The number of nitrogens with zero attached hydrogens (tertiary/aromatic N) is 5. The summed E-state index contributed by atoms with van der Waals surface area (Å²) in [6.07, 6.45) is 4.13. The lowest BCUT2D eigenvalue weighted by Crippen LogP contribution is -2.42. The van der Waals surface area contributed by atoms with E-state index in [1.807, 2.05) is 13.1 Å². The van der Waals surface area contributed by atoms with Gasteiger partial charge >= 0.3 is 6.01 Å². The van der Waals surface area contributed by atoms with Crippen LogP contribution in [0.25, 0.3) is 0 Å². The lowest BCUT2D eigenvalue weighted by Gasteiger charge is -2.29. The molecule has 1 N–H and O–H groups in total. The first-order chi connectivity index (χ1) is 14.0. The van der Waals surface area contributed by atoms with Gasteiger partial charge in [0.25, 0.3) is 5.91 Å². The number of rotatable bonds is 6. The van der Waals surface area contributed by atoms with E-state index in [0.29, 0.717) is 30.1 Å². The summed E-state index contributed by atoms with van der Waals surface area (Å²) in [5, 5.41) is 11.5. The summed E-state index contributed by atoms with van der Waals surface area (Å²) in [6.45, 7) is 9.06. The van der Waals surface area contributed by atoms with Crippen molar-refractivity contribution in [3.05, 3.63) is 23.8 Å². The van der Waals surface area contributed by atoms with Gasteiger partial charge in [-0.2, -0.15) is 10.1 Å². The number of carbonyl (C=O) groups excluding carboxylic acids is 1. The summed E-state index contributed by atoms with van der Waals surface area (Å²) in [5.41, 5.74) is 0.307. The van der Waals surface area contributed by atoms with Crippen molar-refractivity contribution in [1.29, 1.82) is 0 Å². The highest BCUT2D eigenvalue weighted by atomic mass is 16.5. The van der Waals surface area contributed by atoms with Crippen molar-refractivity contribution in [2.24, 2.45) is 11.8 Å². The van der Waals surface area contributed by atoms with Gasteiger partial charge in [0.05, 0.1) is 18.2 Å².